The van der Waals surface area contributed by atoms with Crippen molar-refractivity contribution >= 4 is 11.3 Å². The number of hydrogen-bond donors (Lipinski definition) is 2. The van der Waals surface area contributed by atoms with E-state index in [1.165, 1.54) is 28.7 Å². The molecule has 0 spiro atoms. The van der Waals surface area contributed by atoms with Crippen molar-refractivity contribution in [2.24, 2.45) is 0 Å². The first-order valence-corrected chi connectivity index (χ1v) is 7.14. The lowest BCUT2D eigenvalue weighted by molar-refractivity contribution is 0.241. The molecule has 96 valence electrons. The molecule has 1 fully saturated rings. The maximum Gasteiger partial charge on any atom is 0.0900 e. The van der Waals surface area contributed by atoms with E-state index in [0.717, 1.165) is 32.7 Å². The van der Waals surface area contributed by atoms with Crippen LogP contribution in [0.15, 0.2) is 0 Å². The third-order valence-corrected chi connectivity index (χ3v) is 4.17. The van der Waals surface area contributed by atoms with Gasteiger partial charge in [0.15, 0.2) is 0 Å². The third kappa shape index (κ3) is 4.03. The Morgan fingerprint density at radius 2 is 2.12 bits per heavy atom. The van der Waals surface area contributed by atoms with E-state index in [-0.39, 0.29) is 0 Å². The van der Waals surface area contributed by atoms with Crippen molar-refractivity contribution in [3.8, 4) is 0 Å². The minimum atomic E-state index is 0.962. The molecule has 4 nitrogen and oxygen atoms in total. The van der Waals surface area contributed by atoms with Crippen molar-refractivity contribution in [1.82, 2.24) is 20.5 Å². The maximum atomic E-state index is 4.44. The van der Waals surface area contributed by atoms with E-state index in [1.807, 2.05) is 0 Å². The van der Waals surface area contributed by atoms with Crippen LogP contribution in [0.2, 0.25) is 0 Å². The second kappa shape index (κ2) is 6.44. The Hall–Kier alpha value is -0.490. The van der Waals surface area contributed by atoms with E-state index in [9.17, 15) is 0 Å². The summed E-state index contributed by atoms with van der Waals surface area (Å²) in [6, 6.07) is 0. The van der Waals surface area contributed by atoms with Gasteiger partial charge in [-0.05, 0) is 13.8 Å². The van der Waals surface area contributed by atoms with Gasteiger partial charge in [-0.1, -0.05) is 0 Å². The zero-order valence-corrected chi connectivity index (χ0v) is 11.6. The predicted molar refractivity (Wildman–Crippen MR) is 72.6 cm³/mol. The molecule has 0 saturated carbocycles. The van der Waals surface area contributed by atoms with Crippen LogP contribution in [-0.2, 0) is 6.54 Å². The number of aromatic nitrogens is 1. The van der Waals surface area contributed by atoms with Gasteiger partial charge in [-0.15, -0.1) is 11.3 Å². The van der Waals surface area contributed by atoms with Crippen LogP contribution in [0.5, 0.6) is 0 Å². The van der Waals surface area contributed by atoms with E-state index in [4.69, 9.17) is 0 Å². The fraction of sp³-hybridized carbons (Fsp3) is 0.750. The molecule has 1 aromatic rings. The second-order valence-electron chi connectivity index (χ2n) is 4.51. The van der Waals surface area contributed by atoms with Crippen LogP contribution in [-0.4, -0.2) is 49.2 Å². The Morgan fingerprint density at radius 3 is 2.76 bits per heavy atom. The van der Waals surface area contributed by atoms with Gasteiger partial charge >= 0.3 is 0 Å². The molecule has 5 heteroatoms. The Morgan fingerprint density at radius 1 is 1.35 bits per heavy atom. The van der Waals surface area contributed by atoms with Crippen LogP contribution in [0, 0.1) is 13.8 Å². The summed E-state index contributed by atoms with van der Waals surface area (Å²) in [6.45, 7) is 12.0. The van der Waals surface area contributed by atoms with E-state index in [2.05, 4.69) is 34.4 Å². The standard InChI is InChI=1S/C12H22N4S/c1-10-12(17-11(2)15-10)9-14-5-8-16-6-3-13-4-7-16/h13-14H,3-9H2,1-2H3. The smallest absolute Gasteiger partial charge is 0.0900 e. The van der Waals surface area contributed by atoms with Crippen molar-refractivity contribution in [1.29, 1.82) is 0 Å². The van der Waals surface area contributed by atoms with Gasteiger partial charge in [-0.25, -0.2) is 4.98 Å². The zero-order valence-electron chi connectivity index (χ0n) is 10.8. The molecule has 1 aromatic heterocycles. The highest BCUT2D eigenvalue weighted by atomic mass is 32.1. The normalized spacial score (nSPS) is 17.5. The summed E-state index contributed by atoms with van der Waals surface area (Å²) in [4.78, 5) is 8.33. The van der Waals surface area contributed by atoms with Crippen LogP contribution in [0.1, 0.15) is 15.6 Å². The molecule has 0 aliphatic carbocycles. The van der Waals surface area contributed by atoms with E-state index < -0.39 is 0 Å². The topological polar surface area (TPSA) is 40.2 Å². The first-order chi connectivity index (χ1) is 8.25. The van der Waals surface area contributed by atoms with Crippen LogP contribution in [0.25, 0.3) is 0 Å². The molecule has 2 heterocycles. The van der Waals surface area contributed by atoms with Crippen molar-refractivity contribution in [2.75, 3.05) is 39.3 Å². The fourth-order valence-electron chi connectivity index (χ4n) is 2.11. The number of nitrogens with one attached hydrogen (secondary N) is 2. The summed E-state index contributed by atoms with van der Waals surface area (Å²) in [7, 11) is 0. The van der Waals surface area contributed by atoms with Gasteiger partial charge in [-0.3, -0.25) is 4.90 Å². The second-order valence-corrected chi connectivity index (χ2v) is 5.80. The summed E-state index contributed by atoms with van der Waals surface area (Å²) in [5.41, 5.74) is 1.18. The SMILES string of the molecule is Cc1nc(C)c(CNCCN2CCNCC2)s1. The summed E-state index contributed by atoms with van der Waals surface area (Å²) in [5.74, 6) is 0. The molecule has 0 unspecified atom stereocenters. The Labute approximate surface area is 107 Å². The van der Waals surface area contributed by atoms with Gasteiger partial charge in [0, 0.05) is 50.7 Å². The summed E-state index contributed by atoms with van der Waals surface area (Å²) < 4.78 is 0. The van der Waals surface area contributed by atoms with E-state index >= 15 is 0 Å². The summed E-state index contributed by atoms with van der Waals surface area (Å²) in [5, 5.41) is 8.05. The number of rotatable bonds is 5. The number of nitrogens with zero attached hydrogens (tertiary/aromatic N) is 2. The molecular formula is C12H22N4S. The predicted octanol–water partition coefficient (Wildman–Crippen LogP) is 0.755. The molecule has 1 saturated heterocycles. The summed E-state index contributed by atoms with van der Waals surface area (Å²) >= 11 is 1.80. The lowest BCUT2D eigenvalue weighted by atomic mass is 10.3. The number of thiazole rings is 1. The zero-order chi connectivity index (χ0) is 12.1. The lowest BCUT2D eigenvalue weighted by Gasteiger charge is -2.27. The van der Waals surface area contributed by atoms with Gasteiger partial charge in [0.1, 0.15) is 0 Å². The molecule has 2 rings (SSSR count). The highest BCUT2D eigenvalue weighted by molar-refractivity contribution is 7.11. The van der Waals surface area contributed by atoms with Crippen molar-refractivity contribution in [3.63, 3.8) is 0 Å². The first kappa shape index (κ1) is 13.0. The first-order valence-electron chi connectivity index (χ1n) is 6.32. The van der Waals surface area contributed by atoms with Crippen molar-refractivity contribution < 1.29 is 0 Å². The van der Waals surface area contributed by atoms with Gasteiger partial charge in [0.2, 0.25) is 0 Å². The molecular weight excluding hydrogens is 232 g/mol. The molecule has 0 bridgehead atoms. The Balaban J connectivity index is 1.64. The maximum absolute atomic E-state index is 4.44. The number of aryl methyl sites for hydroxylation is 2. The van der Waals surface area contributed by atoms with Crippen LogP contribution >= 0.6 is 11.3 Å². The highest BCUT2D eigenvalue weighted by Crippen LogP contribution is 2.16. The average Bonchev–Trinajstić information content (AvgIpc) is 2.65. The Kier molecular flexibility index (Phi) is 4.91. The van der Waals surface area contributed by atoms with Gasteiger partial charge in [-0.2, -0.15) is 0 Å². The molecule has 0 aromatic carbocycles. The van der Waals surface area contributed by atoms with Crippen LogP contribution in [0.4, 0.5) is 0 Å². The quantitative estimate of drug-likeness (QED) is 0.761. The molecule has 17 heavy (non-hydrogen) atoms. The molecule has 1 aliphatic heterocycles. The molecule has 0 amide bonds. The average molecular weight is 254 g/mol. The fourth-order valence-corrected chi connectivity index (χ4v) is 3.02. The monoisotopic (exact) mass is 254 g/mol. The van der Waals surface area contributed by atoms with Crippen LogP contribution in [0.3, 0.4) is 0 Å². The molecule has 1 aliphatic rings. The largest absolute Gasteiger partial charge is 0.314 e. The van der Waals surface area contributed by atoms with E-state index in [1.54, 1.807) is 11.3 Å². The van der Waals surface area contributed by atoms with Gasteiger partial charge in [0.05, 0.1) is 10.7 Å². The minimum absolute atomic E-state index is 0.962. The summed E-state index contributed by atoms with van der Waals surface area (Å²) in [6.07, 6.45) is 0. The number of hydrogen-bond acceptors (Lipinski definition) is 5. The van der Waals surface area contributed by atoms with Gasteiger partial charge < -0.3 is 10.6 Å². The highest BCUT2D eigenvalue weighted by Gasteiger charge is 2.08. The van der Waals surface area contributed by atoms with Crippen molar-refractivity contribution in [3.05, 3.63) is 15.6 Å². The van der Waals surface area contributed by atoms with Crippen molar-refractivity contribution in [2.45, 2.75) is 20.4 Å². The molecule has 0 atom stereocenters. The molecule has 0 radical (unpaired) electrons. The Bertz CT molecular complexity index is 344. The lowest BCUT2D eigenvalue weighted by Crippen LogP contribution is -2.45. The molecule has 2 N–H and O–H groups in total. The van der Waals surface area contributed by atoms with Crippen LogP contribution < -0.4 is 10.6 Å². The van der Waals surface area contributed by atoms with E-state index in [0.29, 0.717) is 0 Å². The number of piperazine rings is 1. The van der Waals surface area contributed by atoms with Gasteiger partial charge in [0.25, 0.3) is 0 Å². The minimum Gasteiger partial charge on any atom is -0.314 e. The third-order valence-electron chi connectivity index (χ3n) is 3.10.